The molecule has 42 heavy (non-hydrogen) atoms. The summed E-state index contributed by atoms with van der Waals surface area (Å²) in [6.45, 7) is 17.7. The van der Waals surface area contributed by atoms with Crippen LogP contribution in [-0.4, -0.2) is 9.52 Å². The van der Waals surface area contributed by atoms with Crippen molar-refractivity contribution in [2.45, 2.75) is 66.5 Å². The minimum atomic E-state index is 0. The molecule has 0 aliphatic heterocycles. The van der Waals surface area contributed by atoms with Gasteiger partial charge in [-0.1, -0.05) is 126 Å². The first-order chi connectivity index (χ1) is 19.7. The Kier molecular flexibility index (Phi) is 12.5. The van der Waals surface area contributed by atoms with Gasteiger partial charge in [-0.25, -0.2) is 0 Å². The zero-order valence-electron chi connectivity index (χ0n) is 26.5. The summed E-state index contributed by atoms with van der Waals surface area (Å²) in [6, 6.07) is 39.8. The van der Waals surface area contributed by atoms with Crippen molar-refractivity contribution in [1.82, 2.24) is 0 Å². The fraction of sp³-hybridized carbons (Fsp3) is 0.250. The molecule has 6 aromatic rings. The predicted molar refractivity (Wildman–Crippen MR) is 185 cm³/mol. The average Bonchev–Trinajstić information content (AvgIpc) is 3.54. The normalized spacial score (nSPS) is 10.7. The van der Waals surface area contributed by atoms with Gasteiger partial charge in [-0.15, -0.1) is 69.1 Å². The van der Waals surface area contributed by atoms with Crippen LogP contribution >= 0.6 is 0 Å². The Morgan fingerprint density at radius 3 is 1.19 bits per heavy atom. The first-order valence-corrected chi connectivity index (χ1v) is 16.8. The summed E-state index contributed by atoms with van der Waals surface area (Å²) in [7, 11) is 1.08. The maximum absolute atomic E-state index is 2.29. The molecule has 0 aliphatic rings. The van der Waals surface area contributed by atoms with Crippen molar-refractivity contribution >= 4 is 31.1 Å². The number of rotatable bonds is 4. The van der Waals surface area contributed by atoms with Crippen LogP contribution in [0.2, 0.25) is 13.1 Å². The van der Waals surface area contributed by atoms with Crippen molar-refractivity contribution in [1.29, 1.82) is 0 Å². The van der Waals surface area contributed by atoms with Crippen LogP contribution in [0, 0.1) is 13.8 Å². The molecule has 0 saturated carbocycles. The van der Waals surface area contributed by atoms with Gasteiger partial charge in [0.15, 0.2) is 0 Å². The molecule has 0 atom stereocenters. The van der Waals surface area contributed by atoms with Crippen LogP contribution in [0.15, 0.2) is 109 Å². The molecule has 2 radical (unpaired) electrons. The van der Waals surface area contributed by atoms with E-state index in [-0.39, 0.29) is 26.2 Å². The minimum Gasteiger partial charge on any atom is -0.165 e. The van der Waals surface area contributed by atoms with E-state index in [1.807, 2.05) is 0 Å². The van der Waals surface area contributed by atoms with Gasteiger partial charge >= 0.3 is 26.2 Å². The average molecular weight is 644 g/mol. The molecular weight excluding hydrogens is 600 g/mol. The van der Waals surface area contributed by atoms with E-state index >= 15 is 0 Å². The molecule has 0 amide bonds. The number of benzene rings is 4. The fourth-order valence-electron chi connectivity index (χ4n) is 5.73. The number of hydrogen-bond donors (Lipinski definition) is 0. The van der Waals surface area contributed by atoms with E-state index in [9.17, 15) is 0 Å². The largest absolute Gasteiger partial charge is 2.00 e. The van der Waals surface area contributed by atoms with Gasteiger partial charge in [0.25, 0.3) is 0 Å². The van der Waals surface area contributed by atoms with Crippen molar-refractivity contribution in [3.8, 4) is 22.3 Å². The summed E-state index contributed by atoms with van der Waals surface area (Å²) in [5.74, 6) is 1.09. The number of hydrogen-bond acceptors (Lipinski definition) is 0. The van der Waals surface area contributed by atoms with Gasteiger partial charge in [0.1, 0.15) is 0 Å². The zero-order valence-corrected chi connectivity index (χ0v) is 30.0. The second kappa shape index (κ2) is 15.6. The molecule has 0 heterocycles. The van der Waals surface area contributed by atoms with Gasteiger partial charge in [0.05, 0.1) is 0 Å². The summed E-state index contributed by atoms with van der Waals surface area (Å²) in [5, 5.41) is 5.42. The summed E-state index contributed by atoms with van der Waals surface area (Å²) in [5.41, 5.74) is 11.0. The Balaban J connectivity index is 0.000000207. The third-order valence-electron chi connectivity index (χ3n) is 7.54. The first-order valence-electron chi connectivity index (χ1n) is 14.8. The Labute approximate surface area is 275 Å². The molecule has 2 heteroatoms. The van der Waals surface area contributed by atoms with Gasteiger partial charge in [-0.3, -0.25) is 0 Å². The predicted octanol–water partition coefficient (Wildman–Crippen LogP) is 12.1. The number of aryl methyl sites for hydroxylation is 2. The Morgan fingerprint density at radius 2 is 0.833 bits per heavy atom. The maximum atomic E-state index is 2.29. The molecule has 0 bridgehead atoms. The second-order valence-electron chi connectivity index (χ2n) is 11.7. The zero-order chi connectivity index (χ0) is 29.5. The van der Waals surface area contributed by atoms with E-state index in [2.05, 4.69) is 164 Å². The second-order valence-corrected chi connectivity index (χ2v) is 12.7. The Hall–Kier alpha value is -2.80. The van der Waals surface area contributed by atoms with E-state index < -0.39 is 0 Å². The molecule has 0 aromatic heterocycles. The standard InChI is InChI=1S/2C19H19.C2H6Si.Zr/c2*1-13(2)16-8-4-5-9-17(16)18-10-6-7-15-11-14(3)12-19(15)18;1-3-2;/h2*4-13H,1-3H3;1-2H3;/q2*-1;;+2. The van der Waals surface area contributed by atoms with Gasteiger partial charge in [-0.2, -0.15) is 12.1 Å². The summed E-state index contributed by atoms with van der Waals surface area (Å²) < 4.78 is 0. The number of fused-ring (bicyclic) bond motifs is 2. The van der Waals surface area contributed by atoms with Gasteiger partial charge < -0.3 is 0 Å². The third-order valence-corrected chi connectivity index (χ3v) is 7.54. The van der Waals surface area contributed by atoms with Crippen LogP contribution in [0.1, 0.15) is 61.8 Å². The molecule has 0 N–H and O–H groups in total. The summed E-state index contributed by atoms with van der Waals surface area (Å²) in [4.78, 5) is 0. The van der Waals surface area contributed by atoms with Gasteiger partial charge in [0, 0.05) is 9.52 Å². The molecule has 6 aromatic carbocycles. The summed E-state index contributed by atoms with van der Waals surface area (Å²) in [6.07, 6.45) is 0. The molecular formula is C40H44SiZr. The first kappa shape index (κ1) is 33.7. The minimum absolute atomic E-state index is 0. The van der Waals surface area contributed by atoms with Gasteiger partial charge in [-0.05, 0) is 34.1 Å². The van der Waals surface area contributed by atoms with E-state index in [0.717, 1.165) is 9.52 Å². The van der Waals surface area contributed by atoms with Crippen LogP contribution in [-0.2, 0) is 26.2 Å². The van der Waals surface area contributed by atoms with Crippen molar-refractivity contribution in [2.75, 3.05) is 0 Å². The van der Waals surface area contributed by atoms with Crippen LogP contribution in [0.25, 0.3) is 43.8 Å². The van der Waals surface area contributed by atoms with Crippen molar-refractivity contribution in [2.24, 2.45) is 0 Å². The van der Waals surface area contributed by atoms with Crippen molar-refractivity contribution < 1.29 is 26.2 Å². The van der Waals surface area contributed by atoms with Crippen molar-refractivity contribution in [3.05, 3.63) is 131 Å². The van der Waals surface area contributed by atoms with Crippen LogP contribution < -0.4 is 0 Å². The van der Waals surface area contributed by atoms with Gasteiger partial charge in [0.2, 0.25) is 0 Å². The van der Waals surface area contributed by atoms with E-state index in [1.165, 1.54) is 66.1 Å². The van der Waals surface area contributed by atoms with Crippen molar-refractivity contribution in [3.63, 3.8) is 0 Å². The van der Waals surface area contributed by atoms with Crippen LogP contribution in [0.3, 0.4) is 0 Å². The fourth-order valence-corrected chi connectivity index (χ4v) is 5.73. The maximum Gasteiger partial charge on any atom is 2.00 e. The van der Waals surface area contributed by atoms with Crippen LogP contribution in [0.5, 0.6) is 0 Å². The third kappa shape index (κ3) is 7.77. The molecule has 0 unspecified atom stereocenters. The van der Waals surface area contributed by atoms with E-state index in [4.69, 9.17) is 0 Å². The summed E-state index contributed by atoms with van der Waals surface area (Å²) >= 11 is 0. The SMILES string of the molecule is C[Si]C.Cc1cc2c(-c3ccccc3C(C)C)cccc2[cH-]1.Cc1cc2c(-c3ccccc3C(C)C)cccc2[cH-]1.[Zr+2]. The topological polar surface area (TPSA) is 0 Å². The molecule has 0 aliphatic carbocycles. The molecule has 0 saturated heterocycles. The monoisotopic (exact) mass is 642 g/mol. The smallest absolute Gasteiger partial charge is 0.165 e. The quantitative estimate of drug-likeness (QED) is 0.132. The molecule has 0 nitrogen and oxygen atoms in total. The molecule has 6 rings (SSSR count). The molecule has 0 fully saturated rings. The molecule has 0 spiro atoms. The Morgan fingerprint density at radius 1 is 0.500 bits per heavy atom. The Bertz CT molecular complexity index is 1590. The van der Waals surface area contributed by atoms with E-state index in [1.54, 1.807) is 0 Å². The molecule has 212 valence electrons. The van der Waals surface area contributed by atoms with Crippen LogP contribution in [0.4, 0.5) is 0 Å². The van der Waals surface area contributed by atoms with E-state index in [0.29, 0.717) is 11.8 Å².